The second-order valence-electron chi connectivity index (χ2n) is 6.51. The van der Waals surface area contributed by atoms with Gasteiger partial charge in [0.25, 0.3) is 0 Å². The molecule has 132 valence electrons. The molecule has 2 amide bonds. The number of amides is 2. The van der Waals surface area contributed by atoms with Crippen molar-refractivity contribution in [3.63, 3.8) is 0 Å². The zero-order valence-electron chi connectivity index (χ0n) is 14.5. The first-order chi connectivity index (χ1) is 11.4. The lowest BCUT2D eigenvalue weighted by atomic mass is 9.99. The molecular formula is C18H26N2O4. The summed E-state index contributed by atoms with van der Waals surface area (Å²) in [7, 11) is 0. The van der Waals surface area contributed by atoms with Gasteiger partial charge in [-0.1, -0.05) is 18.2 Å². The van der Waals surface area contributed by atoms with Crippen molar-refractivity contribution in [3.8, 4) is 5.75 Å². The van der Waals surface area contributed by atoms with Gasteiger partial charge in [-0.15, -0.1) is 0 Å². The molecule has 1 aliphatic rings. The minimum absolute atomic E-state index is 0.165. The number of nitrogens with one attached hydrogen (secondary N) is 1. The van der Waals surface area contributed by atoms with Gasteiger partial charge in [-0.25, -0.2) is 4.79 Å². The number of carbonyl (C=O) groups excluding carboxylic acids is 1. The van der Waals surface area contributed by atoms with Crippen molar-refractivity contribution in [2.45, 2.75) is 39.7 Å². The molecule has 6 heteroatoms. The molecule has 1 saturated heterocycles. The number of carboxylic acid groups (broad SMARTS) is 1. The number of carbonyl (C=O) groups is 2. The van der Waals surface area contributed by atoms with Crippen LogP contribution in [0.5, 0.6) is 5.75 Å². The summed E-state index contributed by atoms with van der Waals surface area (Å²) < 4.78 is 5.85. The largest absolute Gasteiger partial charge is 0.491 e. The van der Waals surface area contributed by atoms with Gasteiger partial charge in [0, 0.05) is 13.1 Å². The molecule has 1 aromatic carbocycles. The molecule has 0 saturated carbocycles. The topological polar surface area (TPSA) is 78.9 Å². The monoisotopic (exact) mass is 334 g/mol. The van der Waals surface area contributed by atoms with Crippen LogP contribution in [0.3, 0.4) is 0 Å². The summed E-state index contributed by atoms with van der Waals surface area (Å²) in [5.41, 5.74) is 2.13. The van der Waals surface area contributed by atoms with Gasteiger partial charge in [-0.2, -0.15) is 0 Å². The van der Waals surface area contributed by atoms with Crippen molar-refractivity contribution >= 4 is 12.0 Å². The second kappa shape index (κ2) is 8.04. The van der Waals surface area contributed by atoms with Crippen molar-refractivity contribution in [3.05, 3.63) is 29.3 Å². The summed E-state index contributed by atoms with van der Waals surface area (Å²) in [5.74, 6) is -0.452. The second-order valence-corrected chi connectivity index (χ2v) is 6.51. The molecule has 2 atom stereocenters. The number of para-hydroxylation sites is 1. The number of aliphatic carboxylic acids is 1. The number of urea groups is 1. The Bertz CT molecular complexity index is 582. The van der Waals surface area contributed by atoms with Gasteiger partial charge in [0.1, 0.15) is 12.4 Å². The number of likely N-dealkylation sites (tertiary alicyclic amines) is 1. The van der Waals surface area contributed by atoms with Crippen LogP contribution in [0.2, 0.25) is 0 Å². The number of ether oxygens (including phenoxy) is 1. The number of nitrogens with zero attached hydrogens (tertiary/aromatic N) is 1. The van der Waals surface area contributed by atoms with Crippen molar-refractivity contribution in [2.75, 3.05) is 19.7 Å². The molecular weight excluding hydrogens is 308 g/mol. The first-order valence-electron chi connectivity index (χ1n) is 8.35. The zero-order valence-corrected chi connectivity index (χ0v) is 14.5. The number of hydrogen-bond acceptors (Lipinski definition) is 3. The normalized spacial score (nSPS) is 18.8. The van der Waals surface area contributed by atoms with Gasteiger partial charge in [0.2, 0.25) is 0 Å². The molecule has 2 unspecified atom stereocenters. The van der Waals surface area contributed by atoms with Crippen LogP contribution < -0.4 is 10.1 Å². The third-order valence-electron chi connectivity index (χ3n) is 4.31. The van der Waals surface area contributed by atoms with E-state index in [0.29, 0.717) is 19.6 Å². The first kappa shape index (κ1) is 18.1. The molecule has 1 aliphatic heterocycles. The van der Waals surface area contributed by atoms with E-state index in [1.54, 1.807) is 4.90 Å². The maximum Gasteiger partial charge on any atom is 0.317 e. The van der Waals surface area contributed by atoms with Gasteiger partial charge in [0.05, 0.1) is 12.0 Å². The maximum atomic E-state index is 12.3. The highest BCUT2D eigenvalue weighted by molar-refractivity contribution is 5.76. The van der Waals surface area contributed by atoms with Crippen molar-refractivity contribution in [1.29, 1.82) is 0 Å². The molecule has 24 heavy (non-hydrogen) atoms. The summed E-state index contributed by atoms with van der Waals surface area (Å²) in [5, 5.41) is 12.0. The molecule has 0 bridgehead atoms. The lowest BCUT2D eigenvalue weighted by Gasteiger charge is -2.31. The predicted molar refractivity (Wildman–Crippen MR) is 91.3 cm³/mol. The smallest absolute Gasteiger partial charge is 0.317 e. The van der Waals surface area contributed by atoms with Crippen molar-refractivity contribution < 1.29 is 19.4 Å². The average molecular weight is 334 g/mol. The number of rotatable bonds is 5. The Labute approximate surface area is 142 Å². The predicted octanol–water partition coefficient (Wildman–Crippen LogP) is 2.58. The Hall–Kier alpha value is -2.24. The fourth-order valence-corrected chi connectivity index (χ4v) is 2.94. The molecule has 0 aliphatic carbocycles. The van der Waals surface area contributed by atoms with Crippen LogP contribution in [-0.2, 0) is 4.79 Å². The third-order valence-corrected chi connectivity index (χ3v) is 4.31. The van der Waals surface area contributed by atoms with Crippen LogP contribution >= 0.6 is 0 Å². The first-order valence-corrected chi connectivity index (χ1v) is 8.35. The van der Waals surface area contributed by atoms with E-state index in [9.17, 15) is 9.59 Å². The summed E-state index contributed by atoms with van der Waals surface area (Å²) in [6, 6.07) is 5.58. The van der Waals surface area contributed by atoms with Crippen LogP contribution in [0.1, 0.15) is 30.9 Å². The minimum Gasteiger partial charge on any atom is -0.491 e. The SMILES string of the molecule is Cc1cccc(C)c1OCC(C)NC(=O)N1CCCC(C(=O)O)C1. The van der Waals surface area contributed by atoms with E-state index in [0.717, 1.165) is 23.3 Å². The van der Waals surface area contributed by atoms with Gasteiger partial charge >= 0.3 is 12.0 Å². The number of benzene rings is 1. The summed E-state index contributed by atoms with van der Waals surface area (Å²) in [6.45, 7) is 7.10. The van der Waals surface area contributed by atoms with Crippen LogP contribution in [0, 0.1) is 19.8 Å². The highest BCUT2D eigenvalue weighted by Crippen LogP contribution is 2.22. The van der Waals surface area contributed by atoms with Crippen LogP contribution in [-0.4, -0.2) is 47.7 Å². The van der Waals surface area contributed by atoms with E-state index in [4.69, 9.17) is 9.84 Å². The molecule has 1 aromatic rings. The standard InChI is InChI=1S/C18H26N2O4/c1-12-6-4-7-13(2)16(12)24-11-14(3)19-18(23)20-9-5-8-15(10-20)17(21)22/h4,6-7,14-15H,5,8-11H2,1-3H3,(H,19,23)(H,21,22). The van der Waals surface area contributed by atoms with E-state index in [2.05, 4.69) is 5.32 Å². The van der Waals surface area contributed by atoms with Crippen molar-refractivity contribution in [1.82, 2.24) is 10.2 Å². The van der Waals surface area contributed by atoms with Crippen molar-refractivity contribution in [2.24, 2.45) is 5.92 Å². The van der Waals surface area contributed by atoms with E-state index in [1.165, 1.54) is 0 Å². The fourth-order valence-electron chi connectivity index (χ4n) is 2.94. The van der Waals surface area contributed by atoms with E-state index >= 15 is 0 Å². The van der Waals surface area contributed by atoms with Gasteiger partial charge in [-0.3, -0.25) is 4.79 Å². The highest BCUT2D eigenvalue weighted by Gasteiger charge is 2.28. The Morgan fingerprint density at radius 3 is 2.67 bits per heavy atom. The van der Waals surface area contributed by atoms with Gasteiger partial charge in [-0.05, 0) is 44.7 Å². The Balaban J connectivity index is 1.84. The molecule has 2 N–H and O–H groups in total. The van der Waals surface area contributed by atoms with Gasteiger partial charge in [0.15, 0.2) is 0 Å². The summed E-state index contributed by atoms with van der Waals surface area (Å²) in [4.78, 5) is 25.0. The van der Waals surface area contributed by atoms with E-state index < -0.39 is 11.9 Å². The lowest BCUT2D eigenvalue weighted by Crippen LogP contribution is -2.50. The number of carboxylic acids is 1. The third kappa shape index (κ3) is 4.63. The lowest BCUT2D eigenvalue weighted by molar-refractivity contribution is -0.143. The molecule has 2 rings (SSSR count). The van der Waals surface area contributed by atoms with E-state index in [-0.39, 0.29) is 18.6 Å². The fraction of sp³-hybridized carbons (Fsp3) is 0.556. The van der Waals surface area contributed by atoms with Gasteiger partial charge < -0.3 is 20.1 Å². The highest BCUT2D eigenvalue weighted by atomic mass is 16.5. The van der Waals surface area contributed by atoms with Crippen LogP contribution in [0.25, 0.3) is 0 Å². The number of aryl methyl sites for hydroxylation is 2. The molecule has 1 fully saturated rings. The zero-order chi connectivity index (χ0) is 17.7. The maximum absolute atomic E-state index is 12.3. The van der Waals surface area contributed by atoms with Crippen LogP contribution in [0.4, 0.5) is 4.79 Å². The minimum atomic E-state index is -0.834. The van der Waals surface area contributed by atoms with Crippen LogP contribution in [0.15, 0.2) is 18.2 Å². The number of piperidine rings is 1. The molecule has 6 nitrogen and oxygen atoms in total. The summed E-state index contributed by atoms with van der Waals surface area (Å²) in [6.07, 6.45) is 1.35. The molecule has 0 radical (unpaired) electrons. The molecule has 1 heterocycles. The Morgan fingerprint density at radius 1 is 1.38 bits per heavy atom. The van der Waals surface area contributed by atoms with E-state index in [1.807, 2.05) is 39.0 Å². The number of hydrogen-bond donors (Lipinski definition) is 2. The molecule has 0 spiro atoms. The molecule has 0 aromatic heterocycles. The average Bonchev–Trinajstić information content (AvgIpc) is 2.54. The Morgan fingerprint density at radius 2 is 2.04 bits per heavy atom. The quantitative estimate of drug-likeness (QED) is 0.867. The Kier molecular flexibility index (Phi) is 6.06. The summed E-state index contributed by atoms with van der Waals surface area (Å²) >= 11 is 0.